The predicted octanol–water partition coefficient (Wildman–Crippen LogP) is 3.01. The van der Waals surface area contributed by atoms with Crippen molar-refractivity contribution < 1.29 is 23.1 Å². The Morgan fingerprint density at radius 3 is 2.61 bits per heavy atom. The van der Waals surface area contributed by atoms with Crippen LogP contribution in [-0.4, -0.2) is 19.5 Å². The number of rotatable bonds is 1. The first kappa shape index (κ1) is 15.6. The summed E-state index contributed by atoms with van der Waals surface area (Å²) in [5.41, 5.74) is 7.04. The second-order valence-corrected chi connectivity index (χ2v) is 7.64. The number of fused-ring (bicyclic) bond motifs is 2. The third kappa shape index (κ3) is 2.62. The molecule has 3 N–H and O–H groups in total. The summed E-state index contributed by atoms with van der Waals surface area (Å²) in [5, 5.41) is 9.02. The standard InChI is InChI=1S/C15H12ClNO5S/c1-7-2-10(17)3-9-6-23(20,21)12-5-8(15(18)19)4-11(16)14(12)22-13(7)9/h2-5H,6,17H2,1H3,(H,18,19). The molecule has 0 saturated heterocycles. The van der Waals surface area contributed by atoms with Crippen LogP contribution in [0.1, 0.15) is 21.5 Å². The van der Waals surface area contributed by atoms with Crippen LogP contribution >= 0.6 is 11.6 Å². The zero-order valence-corrected chi connectivity index (χ0v) is 13.5. The van der Waals surface area contributed by atoms with E-state index in [0.29, 0.717) is 22.6 Å². The Morgan fingerprint density at radius 1 is 1.26 bits per heavy atom. The number of nitrogens with two attached hydrogens (primary N) is 1. The highest BCUT2D eigenvalue weighted by Crippen LogP contribution is 2.44. The van der Waals surface area contributed by atoms with Crippen molar-refractivity contribution in [3.63, 3.8) is 0 Å². The second-order valence-electron chi connectivity index (χ2n) is 5.28. The molecule has 0 bridgehead atoms. The maximum atomic E-state index is 12.6. The highest BCUT2D eigenvalue weighted by molar-refractivity contribution is 7.90. The van der Waals surface area contributed by atoms with Crippen LogP contribution in [-0.2, 0) is 15.6 Å². The van der Waals surface area contributed by atoms with Crippen molar-refractivity contribution in [2.75, 3.05) is 5.73 Å². The Bertz CT molecular complexity index is 953. The number of sulfone groups is 1. The molecule has 0 aliphatic carbocycles. The van der Waals surface area contributed by atoms with Crippen molar-refractivity contribution >= 4 is 33.1 Å². The number of benzene rings is 2. The molecule has 2 aromatic carbocycles. The molecule has 6 nitrogen and oxygen atoms in total. The van der Waals surface area contributed by atoms with Crippen LogP contribution in [0.15, 0.2) is 29.2 Å². The van der Waals surface area contributed by atoms with Crippen LogP contribution in [0.4, 0.5) is 5.69 Å². The normalized spacial score (nSPS) is 15.0. The number of hydrogen-bond donors (Lipinski definition) is 2. The summed E-state index contributed by atoms with van der Waals surface area (Å²) >= 11 is 6.06. The van der Waals surface area contributed by atoms with E-state index in [-0.39, 0.29) is 27.0 Å². The molecule has 3 rings (SSSR count). The molecule has 0 spiro atoms. The van der Waals surface area contributed by atoms with Crippen molar-refractivity contribution in [1.29, 1.82) is 0 Å². The van der Waals surface area contributed by atoms with Gasteiger partial charge in [-0.2, -0.15) is 0 Å². The van der Waals surface area contributed by atoms with Gasteiger partial charge in [-0.1, -0.05) is 11.6 Å². The number of aromatic carboxylic acids is 1. The van der Waals surface area contributed by atoms with Gasteiger partial charge in [0.05, 0.1) is 16.3 Å². The molecule has 0 amide bonds. The zero-order chi connectivity index (χ0) is 16.9. The summed E-state index contributed by atoms with van der Waals surface area (Å²) in [6.07, 6.45) is 0. The molecular weight excluding hydrogens is 342 g/mol. The fourth-order valence-electron chi connectivity index (χ4n) is 2.54. The number of hydrogen-bond acceptors (Lipinski definition) is 5. The van der Waals surface area contributed by atoms with Gasteiger partial charge in [-0.05, 0) is 36.8 Å². The van der Waals surface area contributed by atoms with Gasteiger partial charge in [0.15, 0.2) is 15.6 Å². The Morgan fingerprint density at radius 2 is 1.96 bits per heavy atom. The van der Waals surface area contributed by atoms with Crippen molar-refractivity contribution in [1.82, 2.24) is 0 Å². The lowest BCUT2D eigenvalue weighted by Gasteiger charge is -2.13. The first-order chi connectivity index (χ1) is 10.7. The molecule has 0 fully saturated rings. The number of carbonyl (C=O) groups is 1. The lowest BCUT2D eigenvalue weighted by atomic mass is 10.1. The van der Waals surface area contributed by atoms with Gasteiger partial charge in [0.25, 0.3) is 0 Å². The Balaban J connectivity index is 2.33. The lowest BCUT2D eigenvalue weighted by molar-refractivity contribution is 0.0696. The van der Waals surface area contributed by atoms with Crippen LogP contribution in [0, 0.1) is 6.92 Å². The minimum absolute atomic E-state index is 0.0664. The van der Waals surface area contributed by atoms with Crippen molar-refractivity contribution in [2.45, 2.75) is 17.6 Å². The molecule has 0 saturated carbocycles. The summed E-state index contributed by atoms with van der Waals surface area (Å²) in [6, 6.07) is 5.41. The summed E-state index contributed by atoms with van der Waals surface area (Å²) in [5.74, 6) is -1.32. The van der Waals surface area contributed by atoms with Gasteiger partial charge in [-0.15, -0.1) is 0 Å². The fraction of sp³-hybridized carbons (Fsp3) is 0.133. The number of carboxylic acid groups (broad SMARTS) is 1. The van der Waals surface area contributed by atoms with Gasteiger partial charge in [0.2, 0.25) is 0 Å². The number of nitrogen functional groups attached to an aromatic ring is 1. The Hall–Kier alpha value is -2.25. The number of halogens is 1. The largest absolute Gasteiger partial charge is 0.478 e. The summed E-state index contributed by atoms with van der Waals surface area (Å²) in [6.45, 7) is 1.74. The van der Waals surface area contributed by atoms with Crippen LogP contribution in [0.25, 0.3) is 0 Å². The van der Waals surface area contributed by atoms with Crippen LogP contribution in [0.3, 0.4) is 0 Å². The highest BCUT2D eigenvalue weighted by atomic mass is 35.5. The van der Waals surface area contributed by atoms with E-state index >= 15 is 0 Å². The van der Waals surface area contributed by atoms with Crippen molar-refractivity contribution in [3.8, 4) is 11.5 Å². The third-order valence-corrected chi connectivity index (χ3v) is 5.46. The molecule has 23 heavy (non-hydrogen) atoms. The van der Waals surface area contributed by atoms with Crippen LogP contribution < -0.4 is 10.5 Å². The summed E-state index contributed by atoms with van der Waals surface area (Å²) in [7, 11) is -3.83. The van der Waals surface area contributed by atoms with Gasteiger partial charge in [0.1, 0.15) is 10.6 Å². The molecule has 0 unspecified atom stereocenters. The van der Waals surface area contributed by atoms with E-state index in [1.54, 1.807) is 13.0 Å². The molecule has 0 atom stereocenters. The molecule has 1 heterocycles. The van der Waals surface area contributed by atoms with Gasteiger partial charge >= 0.3 is 5.97 Å². The average molecular weight is 354 g/mol. The minimum Gasteiger partial charge on any atom is -0.478 e. The van der Waals surface area contributed by atoms with E-state index in [1.807, 2.05) is 0 Å². The SMILES string of the molecule is Cc1cc(N)cc2c1Oc1c(Cl)cc(C(=O)O)cc1S(=O)(=O)C2. The lowest BCUT2D eigenvalue weighted by Crippen LogP contribution is -2.06. The van der Waals surface area contributed by atoms with Gasteiger partial charge in [0, 0.05) is 11.3 Å². The molecule has 0 radical (unpaired) electrons. The maximum Gasteiger partial charge on any atom is 0.335 e. The Kier molecular flexibility index (Phi) is 3.50. The average Bonchev–Trinajstić information content (AvgIpc) is 2.53. The molecule has 0 aromatic heterocycles. The first-order valence-corrected chi connectivity index (χ1v) is 8.58. The smallest absolute Gasteiger partial charge is 0.335 e. The van der Waals surface area contributed by atoms with Gasteiger partial charge in [-0.3, -0.25) is 0 Å². The summed E-state index contributed by atoms with van der Waals surface area (Å²) in [4.78, 5) is 10.9. The minimum atomic E-state index is -3.83. The third-order valence-electron chi connectivity index (χ3n) is 3.52. The quantitative estimate of drug-likeness (QED) is 0.763. The van der Waals surface area contributed by atoms with Crippen molar-refractivity contribution in [3.05, 3.63) is 46.0 Å². The predicted molar refractivity (Wildman–Crippen MR) is 85.0 cm³/mol. The zero-order valence-electron chi connectivity index (χ0n) is 12.0. The monoisotopic (exact) mass is 353 g/mol. The molecule has 1 aliphatic heterocycles. The van der Waals surface area contributed by atoms with Crippen LogP contribution in [0.2, 0.25) is 5.02 Å². The van der Waals surface area contributed by atoms with E-state index in [2.05, 4.69) is 0 Å². The molecular formula is C15H12ClNO5S. The van der Waals surface area contributed by atoms with Gasteiger partial charge in [-0.25, -0.2) is 13.2 Å². The molecule has 2 aromatic rings. The molecule has 8 heteroatoms. The topological polar surface area (TPSA) is 107 Å². The highest BCUT2D eigenvalue weighted by Gasteiger charge is 2.31. The number of anilines is 1. The van der Waals surface area contributed by atoms with E-state index in [1.165, 1.54) is 6.07 Å². The van der Waals surface area contributed by atoms with Crippen molar-refractivity contribution in [2.24, 2.45) is 0 Å². The molecule has 120 valence electrons. The fourth-order valence-corrected chi connectivity index (χ4v) is 4.37. The first-order valence-electron chi connectivity index (χ1n) is 6.55. The number of ether oxygens (including phenoxy) is 1. The number of aryl methyl sites for hydroxylation is 1. The maximum absolute atomic E-state index is 12.6. The summed E-state index contributed by atoms with van der Waals surface area (Å²) < 4.78 is 31.0. The Labute approximate surface area is 137 Å². The van der Waals surface area contributed by atoms with Gasteiger partial charge < -0.3 is 15.6 Å². The van der Waals surface area contributed by atoms with E-state index < -0.39 is 15.8 Å². The van der Waals surface area contributed by atoms with E-state index in [0.717, 1.165) is 12.1 Å². The van der Waals surface area contributed by atoms with E-state index in [9.17, 15) is 13.2 Å². The van der Waals surface area contributed by atoms with Crippen LogP contribution in [0.5, 0.6) is 11.5 Å². The van der Waals surface area contributed by atoms with E-state index in [4.69, 9.17) is 27.2 Å². The number of carboxylic acids is 1. The second kappa shape index (κ2) is 5.14. The molecule has 1 aliphatic rings.